The van der Waals surface area contributed by atoms with E-state index in [1.54, 1.807) is 6.92 Å². The maximum Gasteiger partial charge on any atom is 0.319 e. The minimum Gasteiger partial charge on any atom is -0.481 e. The fraction of sp³-hybridized carbons (Fsp3) is 0.429. The molecule has 0 aliphatic carbocycles. The van der Waals surface area contributed by atoms with Crippen LogP contribution < -0.4 is 10.6 Å². The van der Waals surface area contributed by atoms with Crippen LogP contribution in [0, 0.1) is 13.8 Å². The van der Waals surface area contributed by atoms with Crippen molar-refractivity contribution in [1.82, 2.24) is 5.32 Å². The number of carboxylic acids is 1. The molecule has 0 aliphatic heterocycles. The van der Waals surface area contributed by atoms with Crippen molar-refractivity contribution in [1.29, 1.82) is 0 Å². The molecule has 0 aliphatic rings. The molecule has 0 heterocycles. The number of carbonyl (C=O) groups is 2. The Hall–Kier alpha value is -2.04. The van der Waals surface area contributed by atoms with Gasteiger partial charge in [0, 0.05) is 18.2 Å². The van der Waals surface area contributed by atoms with Crippen molar-refractivity contribution in [2.75, 3.05) is 5.32 Å². The minimum absolute atomic E-state index is 0.0466. The lowest BCUT2D eigenvalue weighted by Crippen LogP contribution is -2.36. The van der Waals surface area contributed by atoms with E-state index in [2.05, 4.69) is 10.6 Å². The molecule has 1 atom stereocenters. The fourth-order valence-electron chi connectivity index (χ4n) is 1.75. The van der Waals surface area contributed by atoms with Crippen molar-refractivity contribution in [3.8, 4) is 0 Å². The zero-order valence-corrected chi connectivity index (χ0v) is 11.5. The Kier molecular flexibility index (Phi) is 5.36. The number of aliphatic carboxylic acids is 1. The lowest BCUT2D eigenvalue weighted by molar-refractivity contribution is -0.137. The first-order chi connectivity index (χ1) is 8.88. The largest absolute Gasteiger partial charge is 0.481 e. The second kappa shape index (κ2) is 6.78. The highest BCUT2D eigenvalue weighted by atomic mass is 16.4. The average Bonchev–Trinajstić information content (AvgIpc) is 2.30. The molecule has 3 N–H and O–H groups in total. The van der Waals surface area contributed by atoms with Crippen LogP contribution in [0.3, 0.4) is 0 Å². The molecule has 1 unspecified atom stereocenters. The van der Waals surface area contributed by atoms with Gasteiger partial charge in [0.15, 0.2) is 0 Å². The Labute approximate surface area is 113 Å². The third kappa shape index (κ3) is 5.42. The van der Waals surface area contributed by atoms with Crippen LogP contribution in [0.5, 0.6) is 0 Å². The number of nitrogens with one attached hydrogen (secondary N) is 2. The molecule has 19 heavy (non-hydrogen) atoms. The second-order valence-corrected chi connectivity index (χ2v) is 4.75. The topological polar surface area (TPSA) is 78.4 Å². The molecule has 104 valence electrons. The Balaban J connectivity index is 2.48. The standard InChI is InChI=1S/C14H20N2O3/c1-9-4-6-12(10(2)8-9)16-14(19)15-11(3)5-7-13(17)18/h4,6,8,11H,5,7H2,1-3H3,(H,17,18)(H2,15,16,19). The first-order valence-corrected chi connectivity index (χ1v) is 6.25. The van der Waals surface area contributed by atoms with Crippen LogP contribution in [0.2, 0.25) is 0 Å². The van der Waals surface area contributed by atoms with Crippen molar-refractivity contribution in [2.24, 2.45) is 0 Å². The summed E-state index contributed by atoms with van der Waals surface area (Å²) in [5.41, 5.74) is 2.89. The van der Waals surface area contributed by atoms with Gasteiger partial charge in [0.1, 0.15) is 0 Å². The van der Waals surface area contributed by atoms with Crippen molar-refractivity contribution in [3.63, 3.8) is 0 Å². The highest BCUT2D eigenvalue weighted by molar-refractivity contribution is 5.90. The molecule has 0 fully saturated rings. The summed E-state index contributed by atoms with van der Waals surface area (Å²) in [6, 6.07) is 5.28. The highest BCUT2D eigenvalue weighted by Crippen LogP contribution is 2.15. The summed E-state index contributed by atoms with van der Waals surface area (Å²) in [7, 11) is 0. The Morgan fingerprint density at radius 3 is 2.58 bits per heavy atom. The summed E-state index contributed by atoms with van der Waals surface area (Å²) < 4.78 is 0. The number of hydrogen-bond donors (Lipinski definition) is 3. The van der Waals surface area contributed by atoms with Crippen molar-refractivity contribution < 1.29 is 14.7 Å². The number of carbonyl (C=O) groups excluding carboxylic acids is 1. The van der Waals surface area contributed by atoms with Crippen molar-refractivity contribution in [3.05, 3.63) is 29.3 Å². The summed E-state index contributed by atoms with van der Waals surface area (Å²) in [5.74, 6) is -0.858. The van der Waals surface area contributed by atoms with Crippen LogP contribution in [0.25, 0.3) is 0 Å². The molecule has 0 bridgehead atoms. The summed E-state index contributed by atoms with van der Waals surface area (Å²) in [6.45, 7) is 5.70. The molecule has 2 amide bonds. The number of rotatable bonds is 5. The van der Waals surface area contributed by atoms with E-state index < -0.39 is 5.97 Å². The van der Waals surface area contributed by atoms with Gasteiger partial charge >= 0.3 is 12.0 Å². The monoisotopic (exact) mass is 264 g/mol. The normalized spacial score (nSPS) is 11.7. The Bertz CT molecular complexity index is 472. The SMILES string of the molecule is Cc1ccc(NC(=O)NC(C)CCC(=O)O)c(C)c1. The van der Waals surface area contributed by atoms with Gasteiger partial charge in [-0.05, 0) is 38.8 Å². The average molecular weight is 264 g/mol. The smallest absolute Gasteiger partial charge is 0.319 e. The van der Waals surface area contributed by atoms with Crippen LogP contribution in [-0.2, 0) is 4.79 Å². The van der Waals surface area contributed by atoms with Gasteiger partial charge in [0.2, 0.25) is 0 Å². The molecule has 0 spiro atoms. The number of carboxylic acid groups (broad SMARTS) is 1. The number of urea groups is 1. The van der Waals surface area contributed by atoms with Crippen LogP contribution in [-0.4, -0.2) is 23.1 Å². The molecule has 5 nitrogen and oxygen atoms in total. The lowest BCUT2D eigenvalue weighted by Gasteiger charge is -2.15. The third-order valence-corrected chi connectivity index (χ3v) is 2.80. The number of aryl methyl sites for hydroxylation is 2. The number of hydrogen-bond acceptors (Lipinski definition) is 2. The van der Waals surface area contributed by atoms with E-state index in [0.29, 0.717) is 6.42 Å². The number of benzene rings is 1. The number of anilines is 1. The zero-order chi connectivity index (χ0) is 14.4. The van der Waals surface area contributed by atoms with Crippen LogP contribution in [0.1, 0.15) is 30.9 Å². The Morgan fingerprint density at radius 2 is 2.00 bits per heavy atom. The molecule has 0 saturated carbocycles. The van der Waals surface area contributed by atoms with E-state index in [0.717, 1.165) is 16.8 Å². The zero-order valence-electron chi connectivity index (χ0n) is 11.5. The molecule has 0 saturated heterocycles. The lowest BCUT2D eigenvalue weighted by atomic mass is 10.1. The first-order valence-electron chi connectivity index (χ1n) is 6.25. The van der Waals surface area contributed by atoms with E-state index in [-0.39, 0.29) is 18.5 Å². The molecule has 1 aromatic carbocycles. The van der Waals surface area contributed by atoms with Gasteiger partial charge in [-0.15, -0.1) is 0 Å². The van der Waals surface area contributed by atoms with E-state index in [1.165, 1.54) is 0 Å². The second-order valence-electron chi connectivity index (χ2n) is 4.75. The summed E-state index contributed by atoms with van der Waals surface area (Å²) in [4.78, 5) is 22.2. The van der Waals surface area contributed by atoms with E-state index in [1.807, 2.05) is 32.0 Å². The van der Waals surface area contributed by atoms with E-state index >= 15 is 0 Å². The maximum atomic E-state index is 11.7. The quantitative estimate of drug-likeness (QED) is 0.765. The Morgan fingerprint density at radius 1 is 1.32 bits per heavy atom. The molecule has 1 rings (SSSR count). The molecular weight excluding hydrogens is 244 g/mol. The summed E-state index contributed by atoms with van der Waals surface area (Å²) >= 11 is 0. The van der Waals surface area contributed by atoms with Crippen LogP contribution in [0.4, 0.5) is 10.5 Å². The molecular formula is C14H20N2O3. The van der Waals surface area contributed by atoms with Gasteiger partial charge in [-0.2, -0.15) is 0 Å². The van der Waals surface area contributed by atoms with Gasteiger partial charge in [-0.25, -0.2) is 4.79 Å². The van der Waals surface area contributed by atoms with Gasteiger partial charge in [0.25, 0.3) is 0 Å². The van der Waals surface area contributed by atoms with E-state index in [4.69, 9.17) is 5.11 Å². The highest BCUT2D eigenvalue weighted by Gasteiger charge is 2.10. The summed E-state index contributed by atoms with van der Waals surface area (Å²) in [6.07, 6.45) is 0.459. The van der Waals surface area contributed by atoms with Gasteiger partial charge in [-0.3, -0.25) is 4.79 Å². The van der Waals surface area contributed by atoms with Crippen LogP contribution >= 0.6 is 0 Å². The fourth-order valence-corrected chi connectivity index (χ4v) is 1.75. The van der Waals surface area contributed by atoms with Crippen molar-refractivity contribution in [2.45, 2.75) is 39.7 Å². The molecule has 1 aromatic rings. The van der Waals surface area contributed by atoms with Gasteiger partial charge in [0.05, 0.1) is 0 Å². The number of amides is 2. The van der Waals surface area contributed by atoms with Crippen LogP contribution in [0.15, 0.2) is 18.2 Å². The molecule has 0 aromatic heterocycles. The maximum absolute atomic E-state index is 11.7. The van der Waals surface area contributed by atoms with Gasteiger partial charge < -0.3 is 15.7 Å². The van der Waals surface area contributed by atoms with Gasteiger partial charge in [-0.1, -0.05) is 17.7 Å². The first kappa shape index (κ1) is 15.0. The van der Waals surface area contributed by atoms with E-state index in [9.17, 15) is 9.59 Å². The predicted molar refractivity (Wildman–Crippen MR) is 74.4 cm³/mol. The molecule has 5 heteroatoms. The third-order valence-electron chi connectivity index (χ3n) is 2.80. The predicted octanol–water partition coefficient (Wildman–Crippen LogP) is 2.68. The van der Waals surface area contributed by atoms with Crippen molar-refractivity contribution >= 4 is 17.7 Å². The minimum atomic E-state index is -0.858. The molecule has 0 radical (unpaired) electrons. The summed E-state index contributed by atoms with van der Waals surface area (Å²) in [5, 5.41) is 14.0.